The van der Waals surface area contributed by atoms with Crippen molar-refractivity contribution in [2.45, 2.75) is 6.92 Å². The summed E-state index contributed by atoms with van der Waals surface area (Å²) < 4.78 is 15.7. The minimum atomic E-state index is -0.289. The predicted octanol–water partition coefficient (Wildman–Crippen LogP) is 3.82. The number of hydrogen-bond acceptors (Lipinski definition) is 5. The lowest BCUT2D eigenvalue weighted by molar-refractivity contribution is 0.101. The van der Waals surface area contributed by atoms with Crippen molar-refractivity contribution in [3.05, 3.63) is 71.7 Å². The van der Waals surface area contributed by atoms with Crippen molar-refractivity contribution in [2.24, 2.45) is 0 Å². The minimum absolute atomic E-state index is 0.151. The van der Waals surface area contributed by atoms with Gasteiger partial charge in [-0.05, 0) is 49.4 Å². The van der Waals surface area contributed by atoms with Gasteiger partial charge in [0, 0.05) is 16.9 Å². The molecule has 136 valence electrons. The molecule has 0 aliphatic carbocycles. The van der Waals surface area contributed by atoms with E-state index in [1.165, 1.54) is 6.26 Å². The number of aryl methyl sites for hydroxylation is 1. The molecule has 27 heavy (non-hydrogen) atoms. The van der Waals surface area contributed by atoms with Crippen LogP contribution in [0.25, 0.3) is 0 Å². The van der Waals surface area contributed by atoms with Gasteiger partial charge in [-0.2, -0.15) is 0 Å². The molecule has 7 nitrogen and oxygen atoms in total. The van der Waals surface area contributed by atoms with Crippen LogP contribution in [-0.2, 0) is 0 Å². The molecule has 0 radical (unpaired) electrons. The fraction of sp³-hybridized carbons (Fsp3) is 0.100. The van der Waals surface area contributed by atoms with Crippen LogP contribution < -0.4 is 20.1 Å². The van der Waals surface area contributed by atoms with Crippen molar-refractivity contribution < 1.29 is 23.5 Å². The molecular weight excluding hydrogens is 348 g/mol. The summed E-state index contributed by atoms with van der Waals surface area (Å²) in [4.78, 5) is 24.7. The quantitative estimate of drug-likeness (QED) is 0.734. The Hall–Kier alpha value is -3.74. The van der Waals surface area contributed by atoms with Crippen molar-refractivity contribution in [3.8, 4) is 11.5 Å². The number of nitrogens with one attached hydrogen (secondary N) is 2. The molecule has 3 aromatic rings. The zero-order valence-electron chi connectivity index (χ0n) is 14.4. The van der Waals surface area contributed by atoms with E-state index in [0.29, 0.717) is 39.8 Å². The lowest BCUT2D eigenvalue weighted by Gasteiger charge is -2.09. The summed E-state index contributed by atoms with van der Waals surface area (Å²) in [6.45, 7) is 1.87. The molecule has 1 aliphatic rings. The maximum Gasteiger partial charge on any atom is 0.259 e. The molecule has 1 aliphatic heterocycles. The lowest BCUT2D eigenvalue weighted by Crippen LogP contribution is -2.14. The second-order valence-corrected chi connectivity index (χ2v) is 5.95. The van der Waals surface area contributed by atoms with Gasteiger partial charge in [0.1, 0.15) is 5.76 Å². The van der Waals surface area contributed by atoms with Gasteiger partial charge in [-0.15, -0.1) is 0 Å². The van der Waals surface area contributed by atoms with Gasteiger partial charge >= 0.3 is 0 Å². The Kier molecular flexibility index (Phi) is 4.25. The SMILES string of the molecule is Cc1occc1C(=O)Nc1cccc(NC(=O)c2ccc3c(c2)OCO3)c1. The maximum absolute atomic E-state index is 12.5. The van der Waals surface area contributed by atoms with E-state index in [2.05, 4.69) is 10.6 Å². The average Bonchev–Trinajstić information content (AvgIpc) is 3.29. The smallest absolute Gasteiger partial charge is 0.259 e. The Bertz CT molecular complexity index is 1020. The summed E-state index contributed by atoms with van der Waals surface area (Å²) in [5.74, 6) is 1.13. The molecule has 4 rings (SSSR count). The van der Waals surface area contributed by atoms with Crippen LogP contribution >= 0.6 is 0 Å². The topological polar surface area (TPSA) is 89.8 Å². The van der Waals surface area contributed by atoms with Gasteiger partial charge in [0.2, 0.25) is 6.79 Å². The van der Waals surface area contributed by atoms with E-state index in [0.717, 1.165) is 0 Å². The number of amides is 2. The molecule has 2 heterocycles. The molecular formula is C20H16N2O5. The van der Waals surface area contributed by atoms with E-state index < -0.39 is 0 Å². The van der Waals surface area contributed by atoms with E-state index in [4.69, 9.17) is 13.9 Å². The fourth-order valence-corrected chi connectivity index (χ4v) is 2.73. The van der Waals surface area contributed by atoms with Crippen molar-refractivity contribution in [2.75, 3.05) is 17.4 Å². The molecule has 2 N–H and O–H groups in total. The maximum atomic E-state index is 12.5. The van der Waals surface area contributed by atoms with Crippen molar-refractivity contribution >= 4 is 23.2 Å². The molecule has 0 saturated carbocycles. The number of benzene rings is 2. The molecule has 1 aromatic heterocycles. The minimum Gasteiger partial charge on any atom is -0.469 e. The molecule has 0 atom stereocenters. The lowest BCUT2D eigenvalue weighted by atomic mass is 10.1. The number of furan rings is 1. The first-order valence-electron chi connectivity index (χ1n) is 8.27. The monoisotopic (exact) mass is 364 g/mol. The highest BCUT2D eigenvalue weighted by atomic mass is 16.7. The standard InChI is InChI=1S/C20H16N2O5/c1-12-16(7-8-25-12)20(24)22-15-4-2-3-14(10-15)21-19(23)13-5-6-17-18(9-13)27-11-26-17/h2-10H,11H2,1H3,(H,21,23)(H,22,24). The van der Waals surface area contributed by atoms with Crippen LogP contribution in [0.3, 0.4) is 0 Å². The van der Waals surface area contributed by atoms with Gasteiger partial charge in [0.15, 0.2) is 11.5 Å². The molecule has 0 spiro atoms. The van der Waals surface area contributed by atoms with Gasteiger partial charge in [-0.25, -0.2) is 0 Å². The first-order valence-corrected chi connectivity index (χ1v) is 8.27. The van der Waals surface area contributed by atoms with Gasteiger partial charge in [0.05, 0.1) is 11.8 Å². The summed E-state index contributed by atoms with van der Waals surface area (Å²) in [5, 5.41) is 5.59. The van der Waals surface area contributed by atoms with Crippen LogP contribution in [0.4, 0.5) is 11.4 Å². The third kappa shape index (κ3) is 3.48. The van der Waals surface area contributed by atoms with Crippen LogP contribution in [0, 0.1) is 6.92 Å². The van der Waals surface area contributed by atoms with Crippen LogP contribution in [0.1, 0.15) is 26.5 Å². The average molecular weight is 364 g/mol. The van der Waals surface area contributed by atoms with E-state index >= 15 is 0 Å². The van der Waals surface area contributed by atoms with Gasteiger partial charge < -0.3 is 24.5 Å². The normalized spacial score (nSPS) is 11.9. The second kappa shape index (κ2) is 6.87. The summed E-state index contributed by atoms with van der Waals surface area (Å²) >= 11 is 0. The molecule has 2 aromatic carbocycles. The summed E-state index contributed by atoms with van der Waals surface area (Å²) in [6.07, 6.45) is 1.46. The number of carbonyl (C=O) groups excluding carboxylic acids is 2. The predicted molar refractivity (Wildman–Crippen MR) is 98.4 cm³/mol. The van der Waals surface area contributed by atoms with Crippen LogP contribution in [0.15, 0.2) is 59.2 Å². The molecule has 0 bridgehead atoms. The van der Waals surface area contributed by atoms with Crippen molar-refractivity contribution in [3.63, 3.8) is 0 Å². The highest BCUT2D eigenvalue weighted by molar-refractivity contribution is 6.07. The van der Waals surface area contributed by atoms with Crippen LogP contribution in [-0.4, -0.2) is 18.6 Å². The Labute approximate surface area is 154 Å². The highest BCUT2D eigenvalue weighted by Gasteiger charge is 2.17. The van der Waals surface area contributed by atoms with Crippen molar-refractivity contribution in [1.82, 2.24) is 0 Å². The number of carbonyl (C=O) groups is 2. The fourth-order valence-electron chi connectivity index (χ4n) is 2.73. The third-order valence-corrected chi connectivity index (χ3v) is 4.12. The number of ether oxygens (including phenoxy) is 2. The largest absolute Gasteiger partial charge is 0.469 e. The Morgan fingerprint density at radius 1 is 0.889 bits per heavy atom. The number of fused-ring (bicyclic) bond motifs is 1. The molecule has 0 saturated heterocycles. The second-order valence-electron chi connectivity index (χ2n) is 5.95. The van der Waals surface area contributed by atoms with E-state index in [9.17, 15) is 9.59 Å². The Morgan fingerprint density at radius 2 is 1.63 bits per heavy atom. The number of anilines is 2. The van der Waals surface area contributed by atoms with E-state index in [1.54, 1.807) is 55.5 Å². The summed E-state index contributed by atoms with van der Waals surface area (Å²) in [6, 6.07) is 13.5. The zero-order valence-corrected chi connectivity index (χ0v) is 14.4. The molecule has 0 fully saturated rings. The third-order valence-electron chi connectivity index (χ3n) is 4.12. The highest BCUT2D eigenvalue weighted by Crippen LogP contribution is 2.32. The van der Waals surface area contributed by atoms with Gasteiger partial charge in [-0.1, -0.05) is 6.07 Å². The van der Waals surface area contributed by atoms with Crippen LogP contribution in [0.2, 0.25) is 0 Å². The Morgan fingerprint density at radius 3 is 2.37 bits per heavy atom. The van der Waals surface area contributed by atoms with E-state index in [1.807, 2.05) is 0 Å². The summed E-state index contributed by atoms with van der Waals surface area (Å²) in [5.41, 5.74) is 2.02. The molecule has 7 heteroatoms. The summed E-state index contributed by atoms with van der Waals surface area (Å²) in [7, 11) is 0. The van der Waals surface area contributed by atoms with Crippen LogP contribution in [0.5, 0.6) is 11.5 Å². The first kappa shape index (κ1) is 16.7. The first-order chi connectivity index (χ1) is 13.1. The van der Waals surface area contributed by atoms with Gasteiger partial charge in [0.25, 0.3) is 11.8 Å². The number of rotatable bonds is 4. The molecule has 0 unspecified atom stereocenters. The zero-order chi connectivity index (χ0) is 18.8. The Balaban J connectivity index is 1.47. The van der Waals surface area contributed by atoms with Crippen molar-refractivity contribution in [1.29, 1.82) is 0 Å². The van der Waals surface area contributed by atoms with E-state index in [-0.39, 0.29) is 18.6 Å². The van der Waals surface area contributed by atoms with Gasteiger partial charge in [-0.3, -0.25) is 9.59 Å². The molecule has 2 amide bonds. The number of hydrogen-bond donors (Lipinski definition) is 2.